The number of halogens is 2. The monoisotopic (exact) mass is 324 g/mol. The highest BCUT2D eigenvalue weighted by Crippen LogP contribution is 2.32. The van der Waals surface area contributed by atoms with Crippen molar-refractivity contribution in [3.63, 3.8) is 0 Å². The molecular weight excluding hydrogens is 307 g/mol. The molecule has 0 aliphatic rings. The van der Waals surface area contributed by atoms with Crippen molar-refractivity contribution in [3.8, 4) is 11.5 Å². The average molecular weight is 325 g/mol. The van der Waals surface area contributed by atoms with Gasteiger partial charge in [-0.2, -0.15) is 0 Å². The molecule has 1 aromatic carbocycles. The molecule has 1 N–H and O–H groups in total. The molecule has 2 aromatic rings. The molecule has 2 rings (SSSR count). The van der Waals surface area contributed by atoms with Crippen LogP contribution in [-0.4, -0.2) is 10.5 Å². The third-order valence-corrected chi connectivity index (χ3v) is 3.32. The summed E-state index contributed by atoms with van der Waals surface area (Å²) in [6.45, 7) is 7.03. The number of hydrogen-bond donors (Lipinski definition) is 1. The fourth-order valence-electron chi connectivity index (χ4n) is 1.68. The van der Waals surface area contributed by atoms with Crippen LogP contribution in [0.2, 0.25) is 10.0 Å². The summed E-state index contributed by atoms with van der Waals surface area (Å²) >= 11 is 12.0. The van der Waals surface area contributed by atoms with Gasteiger partial charge in [-0.3, -0.25) is 4.98 Å². The second-order valence-electron chi connectivity index (χ2n) is 5.76. The van der Waals surface area contributed by atoms with Crippen LogP contribution in [0.3, 0.4) is 0 Å². The minimum Gasteiger partial charge on any atom is -0.454 e. The lowest BCUT2D eigenvalue weighted by Crippen LogP contribution is -2.35. The molecule has 0 unspecified atom stereocenters. The summed E-state index contributed by atoms with van der Waals surface area (Å²) < 4.78 is 5.87. The fraction of sp³-hybridized carbons (Fsp3) is 0.312. The quantitative estimate of drug-likeness (QED) is 0.852. The standard InChI is InChI=1S/C16H18Cl2N2O/c1-16(2,3)20-9-11-6-7-19-10-15(11)21-14-5-4-12(17)8-13(14)18/h4-8,10,20H,9H2,1-3H3. The van der Waals surface area contributed by atoms with Gasteiger partial charge in [0, 0.05) is 28.9 Å². The highest BCUT2D eigenvalue weighted by Gasteiger charge is 2.12. The van der Waals surface area contributed by atoms with Gasteiger partial charge in [0.05, 0.1) is 11.2 Å². The van der Waals surface area contributed by atoms with Crippen molar-refractivity contribution in [1.82, 2.24) is 10.3 Å². The predicted molar refractivity (Wildman–Crippen MR) is 87.4 cm³/mol. The number of nitrogens with zero attached hydrogens (tertiary/aromatic N) is 1. The van der Waals surface area contributed by atoms with Crippen molar-refractivity contribution in [3.05, 3.63) is 52.3 Å². The highest BCUT2D eigenvalue weighted by molar-refractivity contribution is 6.35. The lowest BCUT2D eigenvalue weighted by atomic mass is 10.1. The third kappa shape index (κ3) is 4.88. The first-order chi connectivity index (χ1) is 9.85. The van der Waals surface area contributed by atoms with E-state index in [4.69, 9.17) is 27.9 Å². The Hall–Kier alpha value is -1.29. The Morgan fingerprint density at radius 3 is 2.57 bits per heavy atom. The summed E-state index contributed by atoms with van der Waals surface area (Å²) in [4.78, 5) is 4.11. The van der Waals surface area contributed by atoms with E-state index in [1.807, 2.05) is 6.07 Å². The van der Waals surface area contributed by atoms with Gasteiger partial charge in [0.15, 0.2) is 0 Å². The van der Waals surface area contributed by atoms with E-state index >= 15 is 0 Å². The summed E-state index contributed by atoms with van der Waals surface area (Å²) in [5.41, 5.74) is 1.05. The highest BCUT2D eigenvalue weighted by atomic mass is 35.5. The zero-order valence-corrected chi connectivity index (χ0v) is 13.8. The predicted octanol–water partition coefficient (Wildman–Crippen LogP) is 5.07. The van der Waals surface area contributed by atoms with E-state index in [2.05, 4.69) is 31.1 Å². The Bertz CT molecular complexity index is 624. The molecule has 21 heavy (non-hydrogen) atoms. The normalized spacial score (nSPS) is 11.5. The summed E-state index contributed by atoms with van der Waals surface area (Å²) in [5, 5.41) is 4.48. The fourth-order valence-corrected chi connectivity index (χ4v) is 2.13. The van der Waals surface area contributed by atoms with E-state index in [0.29, 0.717) is 28.1 Å². The zero-order chi connectivity index (χ0) is 15.5. The molecule has 0 bridgehead atoms. The van der Waals surface area contributed by atoms with Crippen LogP contribution in [0.25, 0.3) is 0 Å². The maximum atomic E-state index is 6.14. The molecule has 0 saturated heterocycles. The van der Waals surface area contributed by atoms with Gasteiger partial charge in [-0.1, -0.05) is 23.2 Å². The zero-order valence-electron chi connectivity index (χ0n) is 12.3. The van der Waals surface area contributed by atoms with Gasteiger partial charge in [0.25, 0.3) is 0 Å². The Labute approximate surface area is 135 Å². The Morgan fingerprint density at radius 1 is 1.14 bits per heavy atom. The molecule has 0 saturated carbocycles. The average Bonchev–Trinajstić information content (AvgIpc) is 2.40. The lowest BCUT2D eigenvalue weighted by Gasteiger charge is -2.21. The van der Waals surface area contributed by atoms with Gasteiger partial charge >= 0.3 is 0 Å². The van der Waals surface area contributed by atoms with E-state index in [1.54, 1.807) is 30.6 Å². The van der Waals surface area contributed by atoms with Crippen LogP contribution in [0.5, 0.6) is 11.5 Å². The SMILES string of the molecule is CC(C)(C)NCc1ccncc1Oc1ccc(Cl)cc1Cl. The first-order valence-corrected chi connectivity index (χ1v) is 7.41. The molecule has 0 fully saturated rings. The topological polar surface area (TPSA) is 34.2 Å². The van der Waals surface area contributed by atoms with Crippen molar-refractivity contribution in [2.45, 2.75) is 32.9 Å². The molecular formula is C16H18Cl2N2O. The molecule has 0 spiro atoms. The van der Waals surface area contributed by atoms with Crippen molar-refractivity contribution in [2.24, 2.45) is 0 Å². The molecule has 112 valence electrons. The number of benzene rings is 1. The van der Waals surface area contributed by atoms with Crippen LogP contribution < -0.4 is 10.1 Å². The summed E-state index contributed by atoms with van der Waals surface area (Å²) in [6.07, 6.45) is 3.43. The molecule has 0 amide bonds. The molecule has 1 aromatic heterocycles. The van der Waals surface area contributed by atoms with Gasteiger partial charge in [-0.15, -0.1) is 0 Å². The molecule has 0 aliphatic carbocycles. The minimum absolute atomic E-state index is 0.0262. The summed E-state index contributed by atoms with van der Waals surface area (Å²) in [6, 6.07) is 7.07. The van der Waals surface area contributed by atoms with Gasteiger partial charge in [-0.05, 0) is 45.0 Å². The molecule has 1 heterocycles. The smallest absolute Gasteiger partial charge is 0.150 e. The number of hydrogen-bond acceptors (Lipinski definition) is 3. The number of aromatic nitrogens is 1. The van der Waals surface area contributed by atoms with Crippen molar-refractivity contribution in [1.29, 1.82) is 0 Å². The van der Waals surface area contributed by atoms with Crippen molar-refractivity contribution >= 4 is 23.2 Å². The minimum atomic E-state index is 0.0262. The van der Waals surface area contributed by atoms with Crippen LogP contribution in [0.1, 0.15) is 26.3 Å². The van der Waals surface area contributed by atoms with Crippen molar-refractivity contribution < 1.29 is 4.74 Å². The first-order valence-electron chi connectivity index (χ1n) is 6.66. The number of rotatable bonds is 4. The Balaban J connectivity index is 2.20. The third-order valence-electron chi connectivity index (χ3n) is 2.79. The van der Waals surface area contributed by atoms with Gasteiger partial charge < -0.3 is 10.1 Å². The lowest BCUT2D eigenvalue weighted by molar-refractivity contribution is 0.413. The molecule has 0 aliphatic heterocycles. The molecule has 5 heteroatoms. The number of nitrogens with one attached hydrogen (secondary N) is 1. The second kappa shape index (κ2) is 6.65. The Kier molecular flexibility index (Phi) is 5.09. The van der Waals surface area contributed by atoms with Gasteiger partial charge in [0.1, 0.15) is 11.5 Å². The van der Waals surface area contributed by atoms with Crippen LogP contribution in [-0.2, 0) is 6.54 Å². The summed E-state index contributed by atoms with van der Waals surface area (Å²) in [7, 11) is 0. The van der Waals surface area contributed by atoms with Crippen LogP contribution >= 0.6 is 23.2 Å². The van der Waals surface area contributed by atoms with Gasteiger partial charge in [-0.25, -0.2) is 0 Å². The summed E-state index contributed by atoms with van der Waals surface area (Å²) in [5.74, 6) is 1.24. The Morgan fingerprint density at radius 2 is 1.90 bits per heavy atom. The van der Waals surface area contributed by atoms with Crippen LogP contribution in [0, 0.1) is 0 Å². The van der Waals surface area contributed by atoms with E-state index < -0.39 is 0 Å². The van der Waals surface area contributed by atoms with Crippen LogP contribution in [0.15, 0.2) is 36.7 Å². The van der Waals surface area contributed by atoms with E-state index in [-0.39, 0.29) is 5.54 Å². The molecule has 0 radical (unpaired) electrons. The molecule has 3 nitrogen and oxygen atoms in total. The maximum absolute atomic E-state index is 6.14. The van der Waals surface area contributed by atoms with E-state index in [9.17, 15) is 0 Å². The number of ether oxygens (including phenoxy) is 1. The number of pyridine rings is 1. The van der Waals surface area contributed by atoms with E-state index in [0.717, 1.165) is 5.56 Å². The molecule has 0 atom stereocenters. The van der Waals surface area contributed by atoms with Crippen molar-refractivity contribution in [2.75, 3.05) is 0 Å². The van der Waals surface area contributed by atoms with E-state index in [1.165, 1.54) is 0 Å². The maximum Gasteiger partial charge on any atom is 0.150 e. The largest absolute Gasteiger partial charge is 0.454 e. The van der Waals surface area contributed by atoms with Crippen LogP contribution in [0.4, 0.5) is 0 Å². The van der Waals surface area contributed by atoms with Gasteiger partial charge in [0.2, 0.25) is 0 Å². The first kappa shape index (κ1) is 16.1. The second-order valence-corrected chi connectivity index (χ2v) is 6.61.